The monoisotopic (exact) mass is 491 g/mol. The molecule has 0 saturated heterocycles. The van der Waals surface area contributed by atoms with Crippen LogP contribution in [0.3, 0.4) is 0 Å². The molecular weight excluding hydrogens is 470 g/mol. The molecule has 1 aromatic heterocycles. The molecule has 0 unspecified atom stereocenters. The molecule has 0 saturated carbocycles. The summed E-state index contributed by atoms with van der Waals surface area (Å²) in [6, 6.07) is 18.4. The van der Waals surface area contributed by atoms with Crippen molar-refractivity contribution < 1.29 is 23.5 Å². The van der Waals surface area contributed by atoms with Gasteiger partial charge in [-0.1, -0.05) is 35.4 Å². The van der Waals surface area contributed by atoms with E-state index in [1.54, 1.807) is 67.6 Å². The van der Waals surface area contributed by atoms with E-state index >= 15 is 0 Å². The number of carbonyl (C=O) groups is 2. The van der Waals surface area contributed by atoms with Crippen molar-refractivity contribution in [3.63, 3.8) is 0 Å². The van der Waals surface area contributed by atoms with Crippen molar-refractivity contribution in [2.24, 2.45) is 0 Å². The SMILES string of the molecule is CCOC(=O)c1ccc(NC(=O)COc2c(-c3ccccc3Cl)oc3ccc(C)cc3c2=O)cc1. The summed E-state index contributed by atoms with van der Waals surface area (Å²) in [5, 5.41) is 3.38. The molecule has 35 heavy (non-hydrogen) atoms. The number of carbonyl (C=O) groups excluding carboxylic acids is 2. The minimum Gasteiger partial charge on any atom is -0.476 e. The third-order valence-electron chi connectivity index (χ3n) is 5.15. The summed E-state index contributed by atoms with van der Waals surface area (Å²) >= 11 is 6.35. The smallest absolute Gasteiger partial charge is 0.338 e. The highest BCUT2D eigenvalue weighted by molar-refractivity contribution is 6.33. The molecule has 0 aliphatic carbocycles. The first-order valence-corrected chi connectivity index (χ1v) is 11.3. The van der Waals surface area contributed by atoms with Crippen molar-refractivity contribution in [1.29, 1.82) is 0 Å². The van der Waals surface area contributed by atoms with E-state index in [0.717, 1.165) is 5.56 Å². The second-order valence-corrected chi connectivity index (χ2v) is 8.11. The van der Waals surface area contributed by atoms with Crippen LogP contribution < -0.4 is 15.5 Å². The molecule has 4 rings (SSSR count). The van der Waals surface area contributed by atoms with Crippen LogP contribution in [0.15, 0.2) is 75.9 Å². The third kappa shape index (κ3) is 5.36. The maximum atomic E-state index is 13.3. The largest absolute Gasteiger partial charge is 0.476 e. The van der Waals surface area contributed by atoms with Crippen molar-refractivity contribution >= 4 is 40.1 Å². The van der Waals surface area contributed by atoms with E-state index in [4.69, 9.17) is 25.5 Å². The normalized spacial score (nSPS) is 10.7. The molecule has 3 aromatic carbocycles. The average Bonchev–Trinajstić information content (AvgIpc) is 2.85. The van der Waals surface area contributed by atoms with E-state index in [-0.39, 0.29) is 18.1 Å². The van der Waals surface area contributed by atoms with Gasteiger partial charge in [0, 0.05) is 11.3 Å². The maximum Gasteiger partial charge on any atom is 0.338 e. The fourth-order valence-corrected chi connectivity index (χ4v) is 3.71. The fraction of sp³-hybridized carbons (Fsp3) is 0.148. The number of anilines is 1. The predicted molar refractivity (Wildman–Crippen MR) is 134 cm³/mol. The molecule has 1 amide bonds. The number of hydrogen-bond donors (Lipinski definition) is 1. The molecule has 0 atom stereocenters. The van der Waals surface area contributed by atoms with Crippen LogP contribution in [0.5, 0.6) is 5.75 Å². The van der Waals surface area contributed by atoms with Crippen molar-refractivity contribution in [2.75, 3.05) is 18.5 Å². The molecule has 7 nitrogen and oxygen atoms in total. The quantitative estimate of drug-likeness (QED) is 0.337. The van der Waals surface area contributed by atoms with Crippen LogP contribution in [0, 0.1) is 6.92 Å². The van der Waals surface area contributed by atoms with Gasteiger partial charge in [-0.15, -0.1) is 0 Å². The molecule has 178 valence electrons. The number of hydrogen-bond acceptors (Lipinski definition) is 6. The zero-order valence-electron chi connectivity index (χ0n) is 19.1. The second-order valence-electron chi connectivity index (χ2n) is 7.70. The number of aryl methyl sites for hydroxylation is 1. The van der Waals surface area contributed by atoms with E-state index in [1.165, 1.54) is 0 Å². The minimum atomic E-state index is -0.497. The van der Waals surface area contributed by atoms with Gasteiger partial charge >= 0.3 is 5.97 Å². The van der Waals surface area contributed by atoms with Gasteiger partial charge in [0.25, 0.3) is 5.91 Å². The molecule has 0 bridgehead atoms. The Morgan fingerprint density at radius 1 is 1.03 bits per heavy atom. The Labute approximate surface area is 206 Å². The van der Waals surface area contributed by atoms with E-state index in [1.807, 2.05) is 13.0 Å². The third-order valence-corrected chi connectivity index (χ3v) is 5.48. The molecule has 0 fully saturated rings. The molecule has 1 N–H and O–H groups in total. The van der Waals surface area contributed by atoms with Gasteiger partial charge in [-0.3, -0.25) is 9.59 Å². The standard InChI is InChI=1S/C27H22ClNO6/c1-3-33-27(32)17-9-11-18(12-10-17)29-23(30)15-34-26-24(31)20-14-16(2)8-13-22(20)35-25(26)19-6-4-5-7-21(19)28/h4-14H,3,15H2,1-2H3,(H,29,30). The Morgan fingerprint density at radius 3 is 2.49 bits per heavy atom. The van der Waals surface area contributed by atoms with Gasteiger partial charge in [0.1, 0.15) is 5.58 Å². The first-order chi connectivity index (χ1) is 16.9. The van der Waals surface area contributed by atoms with E-state index < -0.39 is 23.9 Å². The Kier molecular flexibility index (Phi) is 7.17. The highest BCUT2D eigenvalue weighted by Crippen LogP contribution is 2.35. The number of amides is 1. The van der Waals surface area contributed by atoms with Gasteiger partial charge in [0.05, 0.1) is 22.6 Å². The Morgan fingerprint density at radius 2 is 1.77 bits per heavy atom. The molecule has 8 heteroatoms. The topological polar surface area (TPSA) is 94.8 Å². The molecular formula is C27H22ClNO6. The van der Waals surface area contributed by atoms with Gasteiger partial charge in [-0.05, 0) is 62.4 Å². The molecule has 0 radical (unpaired) electrons. The number of fused-ring (bicyclic) bond motifs is 1. The second kappa shape index (κ2) is 10.4. The van der Waals surface area contributed by atoms with Crippen LogP contribution in [0.4, 0.5) is 5.69 Å². The summed E-state index contributed by atoms with van der Waals surface area (Å²) in [6.45, 7) is 3.41. The summed E-state index contributed by atoms with van der Waals surface area (Å²) in [6.07, 6.45) is 0. The Balaban J connectivity index is 1.60. The van der Waals surface area contributed by atoms with Gasteiger partial charge in [0.2, 0.25) is 11.2 Å². The van der Waals surface area contributed by atoms with Gasteiger partial charge in [0.15, 0.2) is 12.4 Å². The maximum absolute atomic E-state index is 13.3. The van der Waals surface area contributed by atoms with Crippen LogP contribution in [0.1, 0.15) is 22.8 Å². The number of esters is 1. The molecule has 0 aliphatic heterocycles. The highest BCUT2D eigenvalue weighted by Gasteiger charge is 2.20. The lowest BCUT2D eigenvalue weighted by atomic mass is 10.1. The van der Waals surface area contributed by atoms with Crippen molar-refractivity contribution in [1.82, 2.24) is 0 Å². The van der Waals surface area contributed by atoms with Crippen LogP contribution in [-0.2, 0) is 9.53 Å². The van der Waals surface area contributed by atoms with Crippen molar-refractivity contribution in [2.45, 2.75) is 13.8 Å². The lowest BCUT2D eigenvalue weighted by Crippen LogP contribution is -2.22. The van der Waals surface area contributed by atoms with Crippen LogP contribution in [0.2, 0.25) is 5.02 Å². The van der Waals surface area contributed by atoms with E-state index in [0.29, 0.717) is 32.8 Å². The fourth-order valence-electron chi connectivity index (χ4n) is 3.48. The summed E-state index contributed by atoms with van der Waals surface area (Å²) in [7, 11) is 0. The lowest BCUT2D eigenvalue weighted by molar-refractivity contribution is -0.118. The lowest BCUT2D eigenvalue weighted by Gasteiger charge is -2.13. The van der Waals surface area contributed by atoms with E-state index in [9.17, 15) is 14.4 Å². The zero-order chi connectivity index (χ0) is 24.9. The summed E-state index contributed by atoms with van der Waals surface area (Å²) < 4.78 is 16.7. The number of rotatable bonds is 7. The Bertz CT molecular complexity index is 1460. The predicted octanol–water partition coefficient (Wildman–Crippen LogP) is 5.62. The molecule has 1 heterocycles. The number of nitrogens with one attached hydrogen (secondary N) is 1. The molecule has 0 aliphatic rings. The summed E-state index contributed by atoms with van der Waals surface area (Å²) in [4.78, 5) is 37.7. The Hall–Kier alpha value is -4.10. The minimum absolute atomic E-state index is 0.107. The first kappa shape index (κ1) is 24.0. The van der Waals surface area contributed by atoms with Gasteiger partial charge in [-0.2, -0.15) is 0 Å². The average molecular weight is 492 g/mol. The van der Waals surface area contributed by atoms with Crippen LogP contribution >= 0.6 is 11.6 Å². The molecule has 4 aromatic rings. The number of halogens is 1. The molecule has 0 spiro atoms. The first-order valence-electron chi connectivity index (χ1n) is 10.9. The van der Waals surface area contributed by atoms with Crippen molar-refractivity contribution in [3.05, 3.63) is 93.1 Å². The summed E-state index contributed by atoms with van der Waals surface area (Å²) in [5.74, 6) is -0.908. The van der Waals surface area contributed by atoms with Crippen molar-refractivity contribution in [3.8, 4) is 17.1 Å². The van der Waals surface area contributed by atoms with Gasteiger partial charge < -0.3 is 19.2 Å². The number of benzene rings is 3. The van der Waals surface area contributed by atoms with Crippen LogP contribution in [0.25, 0.3) is 22.3 Å². The number of ether oxygens (including phenoxy) is 2. The van der Waals surface area contributed by atoms with Crippen LogP contribution in [-0.4, -0.2) is 25.1 Å². The zero-order valence-corrected chi connectivity index (χ0v) is 19.8. The van der Waals surface area contributed by atoms with Gasteiger partial charge in [-0.25, -0.2) is 4.79 Å². The summed E-state index contributed by atoms with van der Waals surface area (Å²) in [5.41, 5.74) is 2.16. The van der Waals surface area contributed by atoms with E-state index in [2.05, 4.69) is 5.32 Å². The highest BCUT2D eigenvalue weighted by atomic mass is 35.5.